The topological polar surface area (TPSA) is 52.1 Å². The van der Waals surface area contributed by atoms with Gasteiger partial charge in [0.25, 0.3) is 0 Å². The quantitative estimate of drug-likeness (QED) is 0.754. The predicted octanol–water partition coefficient (Wildman–Crippen LogP) is 2.02. The van der Waals surface area contributed by atoms with Crippen molar-refractivity contribution in [3.05, 3.63) is 53.6 Å². The minimum absolute atomic E-state index is 0.127. The first kappa shape index (κ1) is 11.3. The first-order valence-electron chi connectivity index (χ1n) is 5.17. The highest BCUT2D eigenvalue weighted by molar-refractivity contribution is 6.08. The van der Waals surface area contributed by atoms with Gasteiger partial charge in [-0.25, -0.2) is 4.98 Å². The fourth-order valence-electron chi connectivity index (χ4n) is 1.57. The molecule has 0 aliphatic rings. The average Bonchev–Trinajstić information content (AvgIpc) is 2.39. The molecule has 0 saturated heterocycles. The van der Waals surface area contributed by atoms with Crippen LogP contribution in [0.1, 0.15) is 21.6 Å². The smallest absolute Gasteiger partial charge is 0.213 e. The molecule has 0 amide bonds. The molecule has 0 fully saturated rings. The Morgan fingerprint density at radius 2 is 2.12 bits per heavy atom. The normalized spacial score (nSPS) is 10.0. The third-order valence-electron chi connectivity index (χ3n) is 2.47. The standard InChI is InChI=1S/C13H12N2O2/c1-9-7-10(17-2)3-4-11(9)13(16)12-8-14-5-6-15-12/h3-8H,1-2H3. The van der Waals surface area contributed by atoms with Crippen molar-refractivity contribution in [1.29, 1.82) is 0 Å². The number of aryl methyl sites for hydroxylation is 1. The van der Waals surface area contributed by atoms with E-state index in [1.807, 2.05) is 13.0 Å². The van der Waals surface area contributed by atoms with Gasteiger partial charge in [-0.15, -0.1) is 0 Å². The van der Waals surface area contributed by atoms with Crippen molar-refractivity contribution in [2.45, 2.75) is 6.92 Å². The third-order valence-corrected chi connectivity index (χ3v) is 2.47. The van der Waals surface area contributed by atoms with E-state index in [0.29, 0.717) is 11.3 Å². The van der Waals surface area contributed by atoms with Gasteiger partial charge in [0.15, 0.2) is 0 Å². The fraction of sp³-hybridized carbons (Fsp3) is 0.154. The first-order valence-corrected chi connectivity index (χ1v) is 5.17. The van der Waals surface area contributed by atoms with Crippen LogP contribution in [-0.2, 0) is 0 Å². The van der Waals surface area contributed by atoms with Crippen LogP contribution in [0.3, 0.4) is 0 Å². The van der Waals surface area contributed by atoms with Crippen LogP contribution >= 0.6 is 0 Å². The summed E-state index contributed by atoms with van der Waals surface area (Å²) in [5.74, 6) is 0.608. The Morgan fingerprint density at radius 1 is 1.29 bits per heavy atom. The van der Waals surface area contributed by atoms with Crippen LogP contribution < -0.4 is 4.74 Å². The van der Waals surface area contributed by atoms with Crippen molar-refractivity contribution in [3.8, 4) is 5.75 Å². The molecule has 2 rings (SSSR count). The molecule has 17 heavy (non-hydrogen) atoms. The zero-order valence-corrected chi connectivity index (χ0v) is 9.68. The summed E-state index contributed by atoms with van der Waals surface area (Å²) in [5.41, 5.74) is 1.83. The van der Waals surface area contributed by atoms with Crippen molar-refractivity contribution >= 4 is 5.78 Å². The van der Waals surface area contributed by atoms with Crippen LogP contribution in [0.4, 0.5) is 0 Å². The number of ether oxygens (including phenoxy) is 1. The van der Waals surface area contributed by atoms with E-state index in [4.69, 9.17) is 4.74 Å². The molecule has 86 valence electrons. The monoisotopic (exact) mass is 228 g/mol. The van der Waals surface area contributed by atoms with Gasteiger partial charge in [-0.05, 0) is 30.7 Å². The van der Waals surface area contributed by atoms with E-state index in [2.05, 4.69) is 9.97 Å². The van der Waals surface area contributed by atoms with E-state index < -0.39 is 0 Å². The highest BCUT2D eigenvalue weighted by Crippen LogP contribution is 2.18. The van der Waals surface area contributed by atoms with Crippen molar-refractivity contribution in [3.63, 3.8) is 0 Å². The van der Waals surface area contributed by atoms with Crippen LogP contribution in [0.15, 0.2) is 36.8 Å². The molecule has 0 spiro atoms. The Hall–Kier alpha value is -2.23. The zero-order chi connectivity index (χ0) is 12.3. The number of nitrogens with zero attached hydrogens (tertiary/aromatic N) is 2. The van der Waals surface area contributed by atoms with Crippen molar-refractivity contribution in [2.24, 2.45) is 0 Å². The van der Waals surface area contributed by atoms with Gasteiger partial charge in [0.2, 0.25) is 5.78 Å². The van der Waals surface area contributed by atoms with Crippen molar-refractivity contribution in [1.82, 2.24) is 9.97 Å². The Morgan fingerprint density at radius 3 is 2.71 bits per heavy atom. The highest BCUT2D eigenvalue weighted by atomic mass is 16.5. The van der Waals surface area contributed by atoms with Crippen LogP contribution in [0.25, 0.3) is 0 Å². The molecular formula is C13H12N2O2. The molecule has 0 unspecified atom stereocenters. The minimum atomic E-state index is -0.127. The predicted molar refractivity (Wildman–Crippen MR) is 63.2 cm³/mol. The van der Waals surface area contributed by atoms with Gasteiger partial charge < -0.3 is 4.74 Å². The van der Waals surface area contributed by atoms with Gasteiger partial charge in [-0.2, -0.15) is 0 Å². The molecule has 1 aromatic heterocycles. The molecule has 1 aromatic carbocycles. The van der Waals surface area contributed by atoms with Crippen LogP contribution in [-0.4, -0.2) is 22.9 Å². The summed E-state index contributed by atoms with van der Waals surface area (Å²) in [6, 6.07) is 5.32. The maximum absolute atomic E-state index is 12.1. The Bertz CT molecular complexity index is 538. The van der Waals surface area contributed by atoms with E-state index in [1.165, 1.54) is 18.6 Å². The second kappa shape index (κ2) is 4.74. The summed E-state index contributed by atoms with van der Waals surface area (Å²) >= 11 is 0. The van der Waals surface area contributed by atoms with E-state index in [0.717, 1.165) is 11.3 Å². The minimum Gasteiger partial charge on any atom is -0.497 e. The number of carbonyl (C=O) groups is 1. The lowest BCUT2D eigenvalue weighted by Crippen LogP contribution is -2.06. The second-order valence-electron chi connectivity index (χ2n) is 3.60. The molecule has 1 heterocycles. The lowest BCUT2D eigenvalue weighted by Gasteiger charge is -2.06. The molecule has 0 radical (unpaired) electrons. The number of hydrogen-bond acceptors (Lipinski definition) is 4. The molecule has 0 aliphatic heterocycles. The number of ketones is 1. The van der Waals surface area contributed by atoms with Crippen LogP contribution in [0.2, 0.25) is 0 Å². The average molecular weight is 228 g/mol. The van der Waals surface area contributed by atoms with Crippen molar-refractivity contribution in [2.75, 3.05) is 7.11 Å². The fourth-order valence-corrected chi connectivity index (χ4v) is 1.57. The summed E-state index contributed by atoms with van der Waals surface area (Å²) < 4.78 is 5.10. The molecule has 4 nitrogen and oxygen atoms in total. The SMILES string of the molecule is COc1ccc(C(=O)c2cnccn2)c(C)c1. The maximum Gasteiger partial charge on any atom is 0.213 e. The summed E-state index contributed by atoms with van der Waals surface area (Å²) in [7, 11) is 1.60. The summed E-state index contributed by atoms with van der Waals surface area (Å²) in [6.07, 6.45) is 4.51. The molecule has 0 bridgehead atoms. The van der Waals surface area contributed by atoms with E-state index >= 15 is 0 Å². The number of hydrogen-bond donors (Lipinski definition) is 0. The molecular weight excluding hydrogens is 216 g/mol. The van der Waals surface area contributed by atoms with Crippen molar-refractivity contribution < 1.29 is 9.53 Å². The van der Waals surface area contributed by atoms with Gasteiger partial charge in [0.05, 0.1) is 13.3 Å². The van der Waals surface area contributed by atoms with Gasteiger partial charge >= 0.3 is 0 Å². The summed E-state index contributed by atoms with van der Waals surface area (Å²) in [6.45, 7) is 1.87. The molecule has 4 heteroatoms. The van der Waals surface area contributed by atoms with Gasteiger partial charge in [-0.3, -0.25) is 9.78 Å². The lowest BCUT2D eigenvalue weighted by molar-refractivity contribution is 0.103. The summed E-state index contributed by atoms with van der Waals surface area (Å²) in [5, 5.41) is 0. The molecule has 0 saturated carbocycles. The number of benzene rings is 1. The Labute approximate surface area is 99.3 Å². The molecule has 2 aromatic rings. The van der Waals surface area contributed by atoms with Gasteiger partial charge in [0.1, 0.15) is 11.4 Å². The van der Waals surface area contributed by atoms with Crippen LogP contribution in [0, 0.1) is 6.92 Å². The third kappa shape index (κ3) is 2.30. The largest absolute Gasteiger partial charge is 0.497 e. The van der Waals surface area contributed by atoms with E-state index in [9.17, 15) is 4.79 Å². The van der Waals surface area contributed by atoms with Gasteiger partial charge in [-0.1, -0.05) is 0 Å². The van der Waals surface area contributed by atoms with E-state index in [-0.39, 0.29) is 5.78 Å². The second-order valence-corrected chi connectivity index (χ2v) is 3.60. The number of carbonyl (C=O) groups excluding carboxylic acids is 1. The lowest BCUT2D eigenvalue weighted by atomic mass is 10.0. The van der Waals surface area contributed by atoms with Crippen LogP contribution in [0.5, 0.6) is 5.75 Å². The Balaban J connectivity index is 2.38. The van der Waals surface area contributed by atoms with E-state index in [1.54, 1.807) is 19.2 Å². The molecule has 0 atom stereocenters. The number of rotatable bonds is 3. The highest BCUT2D eigenvalue weighted by Gasteiger charge is 2.13. The molecule has 0 aliphatic carbocycles. The number of methoxy groups -OCH3 is 1. The zero-order valence-electron chi connectivity index (χ0n) is 9.68. The number of aromatic nitrogens is 2. The first-order chi connectivity index (χ1) is 8.22. The maximum atomic E-state index is 12.1. The Kier molecular flexibility index (Phi) is 3.14. The van der Waals surface area contributed by atoms with Gasteiger partial charge in [0, 0.05) is 18.0 Å². The summed E-state index contributed by atoms with van der Waals surface area (Å²) in [4.78, 5) is 20.0. The molecule has 0 N–H and O–H groups in total.